The third-order valence-corrected chi connectivity index (χ3v) is 4.99. The summed E-state index contributed by atoms with van der Waals surface area (Å²) < 4.78 is 8.50. The number of rotatable bonds is 3. The zero-order valence-corrected chi connectivity index (χ0v) is 16.0. The fourth-order valence-corrected chi connectivity index (χ4v) is 3.58. The number of amides is 1. The van der Waals surface area contributed by atoms with E-state index < -0.39 is 0 Å². The fourth-order valence-electron chi connectivity index (χ4n) is 3.20. The zero-order chi connectivity index (χ0) is 17.4. The van der Waals surface area contributed by atoms with E-state index in [9.17, 15) is 4.79 Å². The Bertz CT molecular complexity index is 770. The Morgan fingerprint density at radius 2 is 2.17 bits per heavy atom. The molecular formula is C18H22BrN3O2. The van der Waals surface area contributed by atoms with Crippen LogP contribution < -0.4 is 4.74 Å². The number of benzene rings is 1. The molecule has 0 saturated heterocycles. The number of hydrogen-bond acceptors (Lipinski definition) is 3. The first kappa shape index (κ1) is 17.0. The van der Waals surface area contributed by atoms with Crippen LogP contribution >= 0.6 is 15.9 Å². The average molecular weight is 392 g/mol. The number of ether oxygens (including phenoxy) is 1. The molecule has 0 N–H and O–H groups in total. The van der Waals surface area contributed by atoms with E-state index in [0.717, 1.165) is 27.9 Å². The van der Waals surface area contributed by atoms with Gasteiger partial charge in [0.2, 0.25) is 0 Å². The van der Waals surface area contributed by atoms with Crippen molar-refractivity contribution in [2.24, 2.45) is 7.05 Å². The van der Waals surface area contributed by atoms with Gasteiger partial charge < -0.3 is 9.64 Å². The molecule has 5 nitrogen and oxygen atoms in total. The summed E-state index contributed by atoms with van der Waals surface area (Å²) in [5, 5.41) is 4.41. The van der Waals surface area contributed by atoms with Gasteiger partial charge in [0.15, 0.2) is 5.69 Å². The number of aryl methyl sites for hydroxylation is 1. The second-order valence-corrected chi connectivity index (χ2v) is 7.40. The standard InChI is InChI=1S/C18H22BrN3O2/c1-11(2)16-10-14(20-22(16)4)18(23)21(3)15-7-8-24-17-6-5-12(19)9-13(15)17/h5-6,9-11,15H,7-8H2,1-4H3. The van der Waals surface area contributed by atoms with E-state index in [-0.39, 0.29) is 11.9 Å². The number of nitrogens with zero attached hydrogens (tertiary/aromatic N) is 3. The van der Waals surface area contributed by atoms with Gasteiger partial charge in [0.25, 0.3) is 5.91 Å². The third-order valence-electron chi connectivity index (χ3n) is 4.49. The number of carbonyl (C=O) groups excluding carboxylic acids is 1. The lowest BCUT2D eigenvalue weighted by Crippen LogP contribution is -2.34. The number of fused-ring (bicyclic) bond motifs is 1. The molecule has 0 spiro atoms. The predicted molar refractivity (Wildman–Crippen MR) is 96.4 cm³/mol. The zero-order valence-electron chi connectivity index (χ0n) is 14.4. The molecule has 0 fully saturated rings. The number of hydrogen-bond donors (Lipinski definition) is 0. The van der Waals surface area contributed by atoms with E-state index in [1.807, 2.05) is 38.4 Å². The summed E-state index contributed by atoms with van der Waals surface area (Å²) in [6.07, 6.45) is 0.773. The van der Waals surface area contributed by atoms with E-state index in [4.69, 9.17) is 4.74 Å². The highest BCUT2D eigenvalue weighted by Crippen LogP contribution is 2.37. The Kier molecular flexibility index (Phi) is 4.67. The Morgan fingerprint density at radius 1 is 1.42 bits per heavy atom. The van der Waals surface area contributed by atoms with Crippen molar-refractivity contribution in [1.82, 2.24) is 14.7 Å². The summed E-state index contributed by atoms with van der Waals surface area (Å²) in [5.41, 5.74) is 2.58. The minimum atomic E-state index is -0.0599. The van der Waals surface area contributed by atoms with Crippen molar-refractivity contribution < 1.29 is 9.53 Å². The minimum Gasteiger partial charge on any atom is -0.493 e. The molecule has 2 heterocycles. The molecule has 1 aromatic heterocycles. The van der Waals surface area contributed by atoms with Crippen molar-refractivity contribution in [3.63, 3.8) is 0 Å². The van der Waals surface area contributed by atoms with Crippen LogP contribution in [0.2, 0.25) is 0 Å². The first-order valence-corrected chi connectivity index (χ1v) is 8.91. The molecule has 1 aromatic carbocycles. The monoisotopic (exact) mass is 391 g/mol. The highest BCUT2D eigenvalue weighted by Gasteiger charge is 2.30. The minimum absolute atomic E-state index is 0.0109. The van der Waals surface area contributed by atoms with Crippen molar-refractivity contribution in [3.05, 3.63) is 45.7 Å². The van der Waals surface area contributed by atoms with E-state index in [2.05, 4.69) is 34.9 Å². The lowest BCUT2D eigenvalue weighted by Gasteiger charge is -2.33. The molecule has 1 atom stereocenters. The van der Waals surface area contributed by atoms with Gasteiger partial charge in [0, 0.05) is 36.2 Å². The highest BCUT2D eigenvalue weighted by atomic mass is 79.9. The quantitative estimate of drug-likeness (QED) is 0.796. The van der Waals surface area contributed by atoms with Gasteiger partial charge in [-0.25, -0.2) is 0 Å². The lowest BCUT2D eigenvalue weighted by atomic mass is 9.99. The van der Waals surface area contributed by atoms with Crippen LogP contribution in [-0.4, -0.2) is 34.2 Å². The van der Waals surface area contributed by atoms with Crippen LogP contribution in [0.25, 0.3) is 0 Å². The van der Waals surface area contributed by atoms with Crippen LogP contribution in [0.5, 0.6) is 5.75 Å². The van der Waals surface area contributed by atoms with E-state index in [1.165, 1.54) is 0 Å². The second-order valence-electron chi connectivity index (χ2n) is 6.48. The Labute approximate surface area is 150 Å². The van der Waals surface area contributed by atoms with Crippen LogP contribution in [0.15, 0.2) is 28.7 Å². The van der Waals surface area contributed by atoms with Gasteiger partial charge in [0.1, 0.15) is 5.75 Å². The maximum Gasteiger partial charge on any atom is 0.274 e. The topological polar surface area (TPSA) is 47.4 Å². The summed E-state index contributed by atoms with van der Waals surface area (Å²) in [5.74, 6) is 1.11. The molecule has 24 heavy (non-hydrogen) atoms. The molecule has 1 unspecified atom stereocenters. The van der Waals surface area contributed by atoms with Crippen LogP contribution in [0.4, 0.5) is 0 Å². The maximum atomic E-state index is 12.9. The Hall–Kier alpha value is -1.82. The van der Waals surface area contributed by atoms with Gasteiger partial charge in [0.05, 0.1) is 12.6 Å². The molecule has 128 valence electrons. The maximum absolute atomic E-state index is 12.9. The summed E-state index contributed by atoms with van der Waals surface area (Å²) in [6, 6.07) is 7.81. The second kappa shape index (κ2) is 6.59. The molecular weight excluding hydrogens is 370 g/mol. The summed E-state index contributed by atoms with van der Waals surface area (Å²) in [6.45, 7) is 4.80. The van der Waals surface area contributed by atoms with Gasteiger partial charge in [-0.15, -0.1) is 0 Å². The normalized spacial score (nSPS) is 16.7. The van der Waals surface area contributed by atoms with Gasteiger partial charge >= 0.3 is 0 Å². The van der Waals surface area contributed by atoms with E-state index >= 15 is 0 Å². The summed E-state index contributed by atoms with van der Waals surface area (Å²) in [4.78, 5) is 14.7. The van der Waals surface area contributed by atoms with Crippen LogP contribution in [0.3, 0.4) is 0 Å². The predicted octanol–water partition coefficient (Wildman–Crippen LogP) is 3.90. The molecule has 1 aliphatic rings. The van der Waals surface area contributed by atoms with Gasteiger partial charge in [-0.1, -0.05) is 29.8 Å². The number of halogens is 1. The number of carbonyl (C=O) groups is 1. The van der Waals surface area contributed by atoms with Crippen LogP contribution in [-0.2, 0) is 7.05 Å². The summed E-state index contributed by atoms with van der Waals surface area (Å²) in [7, 11) is 3.72. The molecule has 1 aliphatic heterocycles. The first-order chi connectivity index (χ1) is 11.4. The largest absolute Gasteiger partial charge is 0.493 e. The van der Waals surface area contributed by atoms with Crippen LogP contribution in [0.1, 0.15) is 54.0 Å². The first-order valence-electron chi connectivity index (χ1n) is 8.12. The van der Waals surface area contributed by atoms with Gasteiger partial charge in [-0.05, 0) is 30.2 Å². The lowest BCUT2D eigenvalue weighted by molar-refractivity contribution is 0.0679. The molecule has 0 saturated carbocycles. The molecule has 0 bridgehead atoms. The highest BCUT2D eigenvalue weighted by molar-refractivity contribution is 9.10. The Balaban J connectivity index is 1.90. The SMILES string of the molecule is CC(C)c1cc(C(=O)N(C)C2CCOc3ccc(Br)cc32)nn1C. The van der Waals surface area contributed by atoms with Crippen molar-refractivity contribution in [1.29, 1.82) is 0 Å². The molecule has 6 heteroatoms. The average Bonchev–Trinajstić information content (AvgIpc) is 2.95. The molecule has 1 amide bonds. The van der Waals surface area contributed by atoms with E-state index in [1.54, 1.807) is 9.58 Å². The van der Waals surface area contributed by atoms with Gasteiger partial charge in [-0.2, -0.15) is 5.10 Å². The van der Waals surface area contributed by atoms with Crippen molar-refractivity contribution in [2.45, 2.75) is 32.2 Å². The molecule has 0 radical (unpaired) electrons. The smallest absolute Gasteiger partial charge is 0.274 e. The van der Waals surface area contributed by atoms with E-state index in [0.29, 0.717) is 18.2 Å². The molecule has 2 aromatic rings. The van der Waals surface area contributed by atoms with Gasteiger partial charge in [-0.3, -0.25) is 9.48 Å². The molecule has 3 rings (SSSR count). The van der Waals surface area contributed by atoms with Crippen molar-refractivity contribution in [3.8, 4) is 5.75 Å². The summed E-state index contributed by atoms with van der Waals surface area (Å²) >= 11 is 3.50. The van der Waals surface area contributed by atoms with Crippen molar-refractivity contribution in [2.75, 3.05) is 13.7 Å². The fraction of sp³-hybridized carbons (Fsp3) is 0.444. The van der Waals surface area contributed by atoms with Crippen LogP contribution in [0, 0.1) is 0 Å². The van der Waals surface area contributed by atoms with Crippen molar-refractivity contribution >= 4 is 21.8 Å². The number of aromatic nitrogens is 2. The Morgan fingerprint density at radius 3 is 2.83 bits per heavy atom. The third kappa shape index (κ3) is 3.07. The molecule has 0 aliphatic carbocycles.